The molecule has 0 saturated carbocycles. The fourth-order valence-electron chi connectivity index (χ4n) is 7.84. The largest absolute Gasteiger partial charge is 0.509 e. The van der Waals surface area contributed by atoms with E-state index >= 15 is 0 Å². The van der Waals surface area contributed by atoms with Crippen molar-refractivity contribution in [2.75, 3.05) is 9.80 Å². The maximum Gasteiger partial charge on any atom is 0.135 e. The molecule has 6 aromatic carbocycles. The summed E-state index contributed by atoms with van der Waals surface area (Å²) in [5, 5.41) is 2.24. The van der Waals surface area contributed by atoms with E-state index in [1.165, 1.54) is 22.3 Å². The van der Waals surface area contributed by atoms with Crippen LogP contribution in [0.2, 0.25) is 0 Å². The van der Waals surface area contributed by atoms with Crippen molar-refractivity contribution in [3.63, 3.8) is 0 Å². The molecule has 0 fully saturated rings. The number of hydrogen-bond donors (Lipinski definition) is 0. The van der Waals surface area contributed by atoms with Gasteiger partial charge in [0.2, 0.25) is 0 Å². The molecule has 0 N–H and O–H groups in total. The van der Waals surface area contributed by atoms with Gasteiger partial charge in [-0.15, -0.1) is 48.1 Å². The van der Waals surface area contributed by atoms with Gasteiger partial charge < -0.3 is 19.1 Å². The predicted octanol–water partition coefficient (Wildman–Crippen LogP) is 14.3. The van der Waals surface area contributed by atoms with Crippen molar-refractivity contribution < 1.29 is 25.8 Å². The molecule has 0 unspecified atom stereocenters. The third-order valence-corrected chi connectivity index (χ3v) is 12.2. The normalized spacial score (nSPS) is 13.2. The van der Waals surface area contributed by atoms with Crippen molar-refractivity contribution >= 4 is 44.6 Å². The number of hydrogen-bond acceptors (Lipinski definition) is 4. The molecule has 1 aliphatic rings. The van der Waals surface area contributed by atoms with E-state index in [2.05, 4.69) is 210 Å². The van der Waals surface area contributed by atoms with E-state index in [9.17, 15) is 0 Å². The smallest absolute Gasteiger partial charge is 0.135 e. The van der Waals surface area contributed by atoms with E-state index in [0.717, 1.165) is 50.4 Å². The van der Waals surface area contributed by atoms with Crippen LogP contribution < -0.4 is 14.5 Å². The number of nitrogens with zero attached hydrogens (tertiary/aromatic N) is 4. The van der Waals surface area contributed by atoms with Crippen molar-refractivity contribution in [3.8, 4) is 28.4 Å². The first kappa shape index (κ1) is 40.2. The first-order valence-corrected chi connectivity index (χ1v) is 20.1. The number of rotatable bonds is 7. The first-order chi connectivity index (χ1) is 27.8. The molecule has 3 heterocycles. The predicted molar refractivity (Wildman–Crippen MR) is 241 cm³/mol. The van der Waals surface area contributed by atoms with Gasteiger partial charge in [0.15, 0.2) is 0 Å². The van der Waals surface area contributed by atoms with Gasteiger partial charge in [-0.1, -0.05) is 134 Å². The molecule has 1 aliphatic heterocycles. The molecule has 0 saturated heterocycles. The molecule has 8 aromatic rings. The van der Waals surface area contributed by atoms with Gasteiger partial charge in [0.05, 0.1) is 0 Å². The van der Waals surface area contributed by atoms with Crippen LogP contribution in [0.1, 0.15) is 66.5 Å². The number of benzene rings is 6. The van der Waals surface area contributed by atoms with Gasteiger partial charge >= 0.3 is 0 Å². The number of fused-ring (bicyclic) bond motifs is 4. The Labute approximate surface area is 363 Å². The van der Waals surface area contributed by atoms with Gasteiger partial charge in [-0.25, -0.2) is 4.98 Å². The summed E-state index contributed by atoms with van der Waals surface area (Å²) in [5.74, 6) is 2.07. The molecule has 0 atom stereocenters. The van der Waals surface area contributed by atoms with E-state index in [-0.39, 0.29) is 37.3 Å². The Balaban J connectivity index is 0.00000484. The molecule has 0 bridgehead atoms. The minimum Gasteiger partial charge on any atom is -0.509 e. The van der Waals surface area contributed by atoms with Gasteiger partial charge in [-0.05, 0) is 74.7 Å². The van der Waals surface area contributed by atoms with Gasteiger partial charge in [0, 0.05) is 66.9 Å². The second-order valence-electron chi connectivity index (χ2n) is 17.9. The Hall–Kier alpha value is -5.64. The average molecular weight is 953 g/mol. The number of aromatic nitrogens is 2. The molecule has 300 valence electrons. The Morgan fingerprint density at radius 3 is 2.02 bits per heavy atom. The zero-order valence-electron chi connectivity index (χ0n) is 34.9. The molecular weight excluding hydrogens is 904 g/mol. The third-order valence-electron chi connectivity index (χ3n) is 12.2. The van der Waals surface area contributed by atoms with Crippen LogP contribution in [0, 0.1) is 24.2 Å². The zero-order valence-corrected chi connectivity index (χ0v) is 37.2. The molecule has 9 rings (SSSR count). The summed E-state index contributed by atoms with van der Waals surface area (Å²) in [4.78, 5) is 9.37. The first-order valence-electron chi connectivity index (χ1n) is 20.1. The summed E-state index contributed by atoms with van der Waals surface area (Å²) in [6.07, 6.45) is 1.90. The summed E-state index contributed by atoms with van der Waals surface area (Å²) in [7, 11) is 0. The van der Waals surface area contributed by atoms with Crippen molar-refractivity contribution in [2.24, 2.45) is 5.41 Å². The Morgan fingerprint density at radius 2 is 1.27 bits per heavy atom. The van der Waals surface area contributed by atoms with Crippen molar-refractivity contribution in [3.05, 3.63) is 176 Å². The molecule has 59 heavy (non-hydrogen) atoms. The molecule has 0 spiro atoms. The van der Waals surface area contributed by atoms with E-state index < -0.39 is 0 Å². The minimum atomic E-state index is -0.0727. The number of anilines is 4. The van der Waals surface area contributed by atoms with Gasteiger partial charge in [-0.2, -0.15) is 12.1 Å². The number of para-hydroxylation sites is 3. The van der Waals surface area contributed by atoms with Gasteiger partial charge in [0.25, 0.3) is 0 Å². The Bertz CT molecular complexity index is 2810. The quantitative estimate of drug-likeness (QED) is 0.149. The Kier molecular flexibility index (Phi) is 10.3. The molecule has 0 aliphatic carbocycles. The summed E-state index contributed by atoms with van der Waals surface area (Å²) >= 11 is 0. The summed E-state index contributed by atoms with van der Waals surface area (Å²) in [6, 6.07) is 56.4. The second kappa shape index (κ2) is 15.2. The molecule has 2 aromatic heterocycles. The summed E-state index contributed by atoms with van der Waals surface area (Å²) < 4.78 is 8.81. The summed E-state index contributed by atoms with van der Waals surface area (Å²) in [6.45, 7) is 20.5. The fraction of sp³-hybridized carbons (Fsp3) is 0.208. The fourth-order valence-corrected chi connectivity index (χ4v) is 7.84. The van der Waals surface area contributed by atoms with E-state index in [4.69, 9.17) is 9.72 Å². The summed E-state index contributed by atoms with van der Waals surface area (Å²) in [5.41, 5.74) is 11.0. The maximum absolute atomic E-state index is 6.61. The van der Waals surface area contributed by atoms with E-state index in [1.807, 2.05) is 24.4 Å². The van der Waals surface area contributed by atoms with E-state index in [0.29, 0.717) is 11.5 Å². The van der Waals surface area contributed by atoms with Gasteiger partial charge in [0.1, 0.15) is 5.82 Å². The topological polar surface area (TPSA) is 33.5 Å². The van der Waals surface area contributed by atoms with E-state index in [1.54, 1.807) is 0 Å². The standard InChI is InChI=1S/C53H49N4O.Pt/c1-51(2,3)37-29-30-54-50(32-37)57-45-22-13-12-21-43(45)44-28-26-41(34-49(44)57)58-40-20-16-19-39(33-40)55-35-56(47-24-15-14-23-46(47)55)48-31-38(53(7,8)52(4,5)6)25-27-42(48)36-17-10-9-11-18-36;/h9-32,35H,1-8H3;/q-3;. The average Bonchev–Trinajstić information content (AvgIpc) is 3.76. The second-order valence-corrected chi connectivity index (χ2v) is 17.9. The monoisotopic (exact) mass is 952 g/mol. The minimum absolute atomic E-state index is 0. The van der Waals surface area contributed by atoms with Crippen LogP contribution >= 0.6 is 0 Å². The van der Waals surface area contributed by atoms with Crippen LogP contribution in [-0.2, 0) is 31.9 Å². The van der Waals surface area contributed by atoms with Gasteiger partial charge in [-0.3, -0.25) is 0 Å². The van der Waals surface area contributed by atoms with Crippen LogP contribution in [0.4, 0.5) is 22.7 Å². The molecule has 0 radical (unpaired) electrons. The molecule has 5 nitrogen and oxygen atoms in total. The van der Waals surface area contributed by atoms with Crippen molar-refractivity contribution in [1.29, 1.82) is 0 Å². The van der Waals surface area contributed by atoms with Crippen LogP contribution in [0.15, 0.2) is 146 Å². The number of pyridine rings is 1. The molecule has 6 heteroatoms. The van der Waals surface area contributed by atoms with Crippen LogP contribution in [-0.4, -0.2) is 9.55 Å². The Morgan fingerprint density at radius 1 is 0.576 bits per heavy atom. The van der Waals surface area contributed by atoms with Crippen LogP contribution in [0.3, 0.4) is 0 Å². The zero-order chi connectivity index (χ0) is 40.4. The van der Waals surface area contributed by atoms with Crippen molar-refractivity contribution in [2.45, 2.75) is 66.2 Å². The SMILES string of the molecule is CC(C)(C)c1ccnc(-n2c3[c-]c(Oc4[c-]c(N5[CH-]N(c6cc(C(C)(C)C(C)(C)C)ccc6-c6ccccc6)c6ccccc65)ccc4)ccc3c3ccccc32)c1.[Pt]. The van der Waals surface area contributed by atoms with Crippen LogP contribution in [0.5, 0.6) is 11.5 Å². The number of ether oxygens (including phenoxy) is 1. The third kappa shape index (κ3) is 7.25. The van der Waals surface area contributed by atoms with Crippen molar-refractivity contribution in [1.82, 2.24) is 9.55 Å². The maximum atomic E-state index is 6.61. The van der Waals surface area contributed by atoms with Crippen LogP contribution in [0.25, 0.3) is 38.8 Å². The molecular formula is C53H49N4OPt-3. The molecule has 0 amide bonds.